The van der Waals surface area contributed by atoms with E-state index in [1.165, 1.54) is 23.8 Å². The quantitative estimate of drug-likeness (QED) is 0.807. The topological polar surface area (TPSA) is 53.2 Å². The second kappa shape index (κ2) is 6.66. The largest absolute Gasteiger partial charge is 0.323 e. The van der Waals surface area contributed by atoms with Crippen LogP contribution in [0.15, 0.2) is 42.5 Å². The Bertz CT molecular complexity index is 720. The van der Waals surface area contributed by atoms with Crippen LogP contribution in [-0.2, 0) is 4.79 Å². The van der Waals surface area contributed by atoms with Crippen molar-refractivity contribution in [1.82, 2.24) is 10.9 Å². The van der Waals surface area contributed by atoms with Gasteiger partial charge in [-0.25, -0.2) is 15.2 Å². The van der Waals surface area contributed by atoms with Crippen LogP contribution >= 0.6 is 11.6 Å². The molecule has 2 unspecified atom stereocenters. The van der Waals surface area contributed by atoms with Crippen LogP contribution in [0, 0.1) is 12.7 Å². The van der Waals surface area contributed by atoms with Gasteiger partial charge >= 0.3 is 0 Å². The molecule has 1 heterocycles. The molecule has 0 bridgehead atoms. The number of benzene rings is 2. The number of hydrogen-bond acceptors (Lipinski definition) is 3. The second-order valence-corrected chi connectivity index (χ2v) is 6.06. The number of carbonyl (C=O) groups is 1. The molecule has 3 rings (SSSR count). The molecule has 2 atom stereocenters. The smallest absolute Gasteiger partial charge is 0.242 e. The van der Waals surface area contributed by atoms with Crippen molar-refractivity contribution in [2.45, 2.75) is 25.4 Å². The van der Waals surface area contributed by atoms with Crippen LogP contribution in [-0.4, -0.2) is 11.9 Å². The Labute approximate surface area is 139 Å². The summed E-state index contributed by atoms with van der Waals surface area (Å²) < 4.78 is 13.3. The van der Waals surface area contributed by atoms with Crippen LogP contribution in [0.5, 0.6) is 0 Å². The van der Waals surface area contributed by atoms with E-state index in [-0.39, 0.29) is 17.6 Å². The Morgan fingerprint density at radius 1 is 1.22 bits per heavy atom. The monoisotopic (exact) mass is 333 g/mol. The number of aryl methyl sites for hydroxylation is 1. The van der Waals surface area contributed by atoms with Gasteiger partial charge in [0, 0.05) is 6.04 Å². The third-order valence-electron chi connectivity index (χ3n) is 3.89. The van der Waals surface area contributed by atoms with E-state index in [2.05, 4.69) is 16.2 Å². The average molecular weight is 334 g/mol. The number of hydrazine groups is 1. The second-order valence-electron chi connectivity index (χ2n) is 5.65. The Kier molecular flexibility index (Phi) is 4.61. The molecule has 3 N–H and O–H groups in total. The SMILES string of the molecule is Cc1ccc(C2CC(C(=O)Nc3cc(F)ccc3Cl)NN2)cc1. The lowest BCUT2D eigenvalue weighted by Gasteiger charge is -2.12. The minimum absolute atomic E-state index is 0.0503. The molecule has 1 fully saturated rings. The Morgan fingerprint density at radius 2 is 1.96 bits per heavy atom. The fraction of sp³-hybridized carbons (Fsp3) is 0.235. The minimum Gasteiger partial charge on any atom is -0.323 e. The maximum Gasteiger partial charge on any atom is 0.242 e. The van der Waals surface area contributed by atoms with Gasteiger partial charge in [-0.1, -0.05) is 41.4 Å². The van der Waals surface area contributed by atoms with E-state index in [1.807, 2.05) is 31.2 Å². The molecule has 23 heavy (non-hydrogen) atoms. The Morgan fingerprint density at radius 3 is 2.70 bits per heavy atom. The molecule has 6 heteroatoms. The van der Waals surface area contributed by atoms with Crippen molar-refractivity contribution in [3.63, 3.8) is 0 Å². The standard InChI is InChI=1S/C17H17ClFN3O/c1-10-2-4-11(5-3-10)14-9-16(22-21-14)17(23)20-15-8-12(19)6-7-13(15)18/h2-8,14,16,21-22H,9H2,1H3,(H,20,23). The Hall–Kier alpha value is -1.95. The zero-order chi connectivity index (χ0) is 16.4. The van der Waals surface area contributed by atoms with E-state index in [4.69, 9.17) is 11.6 Å². The highest BCUT2D eigenvalue weighted by Gasteiger charge is 2.30. The van der Waals surface area contributed by atoms with Gasteiger partial charge in [-0.2, -0.15) is 0 Å². The van der Waals surface area contributed by atoms with E-state index >= 15 is 0 Å². The van der Waals surface area contributed by atoms with E-state index in [0.717, 1.165) is 5.56 Å². The molecule has 0 radical (unpaired) electrons. The van der Waals surface area contributed by atoms with Gasteiger partial charge in [0.1, 0.15) is 11.9 Å². The van der Waals surface area contributed by atoms with E-state index in [9.17, 15) is 9.18 Å². The molecule has 0 aliphatic carbocycles. The first-order chi connectivity index (χ1) is 11.0. The highest BCUT2D eigenvalue weighted by atomic mass is 35.5. The minimum atomic E-state index is -0.445. The van der Waals surface area contributed by atoms with Gasteiger partial charge < -0.3 is 5.32 Å². The lowest BCUT2D eigenvalue weighted by atomic mass is 10.0. The van der Waals surface area contributed by atoms with Crippen LogP contribution < -0.4 is 16.2 Å². The normalized spacial score (nSPS) is 20.5. The van der Waals surface area contributed by atoms with Crippen molar-refractivity contribution in [2.75, 3.05) is 5.32 Å². The van der Waals surface area contributed by atoms with Gasteiger partial charge in [0.2, 0.25) is 5.91 Å². The summed E-state index contributed by atoms with van der Waals surface area (Å²) in [6, 6.07) is 11.7. The molecule has 1 aliphatic rings. The average Bonchev–Trinajstić information content (AvgIpc) is 3.02. The number of nitrogens with one attached hydrogen (secondary N) is 3. The number of hydrogen-bond donors (Lipinski definition) is 3. The maximum atomic E-state index is 13.3. The summed E-state index contributed by atoms with van der Waals surface area (Å²) in [7, 11) is 0. The molecule has 2 aromatic carbocycles. The molecular weight excluding hydrogens is 317 g/mol. The molecule has 0 aromatic heterocycles. The first kappa shape index (κ1) is 15.9. The van der Waals surface area contributed by atoms with Gasteiger partial charge in [0.15, 0.2) is 0 Å². The van der Waals surface area contributed by atoms with Crippen LogP contribution in [0.3, 0.4) is 0 Å². The molecule has 1 amide bonds. The summed E-state index contributed by atoms with van der Waals surface area (Å²) in [6.45, 7) is 2.03. The molecule has 4 nitrogen and oxygen atoms in total. The Balaban J connectivity index is 1.65. The number of amides is 1. The number of carbonyl (C=O) groups excluding carboxylic acids is 1. The third kappa shape index (κ3) is 3.69. The van der Waals surface area contributed by atoms with Crippen molar-refractivity contribution < 1.29 is 9.18 Å². The van der Waals surface area contributed by atoms with E-state index < -0.39 is 11.9 Å². The predicted molar refractivity (Wildman–Crippen MR) is 88.6 cm³/mol. The van der Waals surface area contributed by atoms with Crippen LogP contribution in [0.1, 0.15) is 23.6 Å². The fourth-order valence-corrected chi connectivity index (χ4v) is 2.72. The zero-order valence-electron chi connectivity index (χ0n) is 12.6. The highest BCUT2D eigenvalue weighted by Crippen LogP contribution is 2.25. The fourth-order valence-electron chi connectivity index (χ4n) is 2.56. The molecule has 0 saturated carbocycles. The predicted octanol–water partition coefficient (Wildman–Crippen LogP) is 3.33. The van der Waals surface area contributed by atoms with Gasteiger partial charge in [-0.3, -0.25) is 4.79 Å². The first-order valence-corrected chi connectivity index (χ1v) is 7.74. The van der Waals surface area contributed by atoms with Crippen LogP contribution in [0.4, 0.5) is 10.1 Å². The maximum absolute atomic E-state index is 13.3. The number of rotatable bonds is 3. The van der Waals surface area contributed by atoms with Crippen molar-refractivity contribution in [3.05, 3.63) is 64.4 Å². The highest BCUT2D eigenvalue weighted by molar-refractivity contribution is 6.33. The molecule has 120 valence electrons. The number of anilines is 1. The molecular formula is C17H17ClFN3O. The van der Waals surface area contributed by atoms with Crippen molar-refractivity contribution in [1.29, 1.82) is 0 Å². The van der Waals surface area contributed by atoms with Gasteiger partial charge in [0.05, 0.1) is 10.7 Å². The first-order valence-electron chi connectivity index (χ1n) is 7.36. The van der Waals surface area contributed by atoms with Crippen LogP contribution in [0.25, 0.3) is 0 Å². The van der Waals surface area contributed by atoms with E-state index in [1.54, 1.807) is 0 Å². The van der Waals surface area contributed by atoms with Crippen molar-refractivity contribution in [3.8, 4) is 0 Å². The van der Waals surface area contributed by atoms with Crippen molar-refractivity contribution in [2.24, 2.45) is 0 Å². The summed E-state index contributed by atoms with van der Waals surface area (Å²) in [5.41, 5.74) is 8.67. The molecule has 1 saturated heterocycles. The summed E-state index contributed by atoms with van der Waals surface area (Å²) in [4.78, 5) is 12.3. The van der Waals surface area contributed by atoms with Crippen LogP contribution in [0.2, 0.25) is 5.02 Å². The molecule has 1 aliphatic heterocycles. The summed E-state index contributed by atoms with van der Waals surface area (Å²) >= 11 is 5.97. The van der Waals surface area contributed by atoms with Gasteiger partial charge in [-0.05, 0) is 37.1 Å². The van der Waals surface area contributed by atoms with Gasteiger partial charge in [0.25, 0.3) is 0 Å². The lowest BCUT2D eigenvalue weighted by Crippen LogP contribution is -2.39. The number of halogens is 2. The summed E-state index contributed by atoms with van der Waals surface area (Å²) in [5.74, 6) is -0.695. The van der Waals surface area contributed by atoms with E-state index in [0.29, 0.717) is 11.4 Å². The molecule has 2 aromatic rings. The summed E-state index contributed by atoms with van der Waals surface area (Å²) in [5, 5.41) is 2.97. The third-order valence-corrected chi connectivity index (χ3v) is 4.22. The lowest BCUT2D eigenvalue weighted by molar-refractivity contribution is -0.117. The summed E-state index contributed by atoms with van der Waals surface area (Å²) in [6.07, 6.45) is 0.599. The molecule has 0 spiro atoms. The van der Waals surface area contributed by atoms with Crippen molar-refractivity contribution >= 4 is 23.2 Å². The van der Waals surface area contributed by atoms with Gasteiger partial charge in [-0.15, -0.1) is 0 Å². The zero-order valence-corrected chi connectivity index (χ0v) is 13.3.